The highest BCUT2D eigenvalue weighted by atomic mass is 16.5. The van der Waals surface area contributed by atoms with Gasteiger partial charge in [-0.05, 0) is 41.0 Å². The number of ether oxygens (including phenoxy) is 2. The fraction of sp³-hybridized carbons (Fsp3) is 0.115. The quantitative estimate of drug-likeness (QED) is 0.329. The summed E-state index contributed by atoms with van der Waals surface area (Å²) in [7, 11) is 1.55. The molecule has 0 saturated heterocycles. The smallest absolute Gasteiger partial charge is 0.341 e. The monoisotopic (exact) mass is 426 g/mol. The van der Waals surface area contributed by atoms with Crippen LogP contribution >= 0.6 is 0 Å². The molecule has 0 spiro atoms. The third kappa shape index (κ3) is 3.46. The van der Waals surface area contributed by atoms with Gasteiger partial charge in [0.15, 0.2) is 18.1 Å². The Morgan fingerprint density at radius 2 is 1.47 bits per heavy atom. The molecule has 160 valence electrons. The number of nitrogens with one attached hydrogen (secondary N) is 2. The average Bonchev–Trinajstić information content (AvgIpc) is 3.43. The van der Waals surface area contributed by atoms with E-state index >= 15 is 0 Å². The Kier molecular flexibility index (Phi) is 5.03. The van der Waals surface area contributed by atoms with Crippen LogP contribution in [0, 0.1) is 0 Å². The van der Waals surface area contributed by atoms with Crippen molar-refractivity contribution in [3.8, 4) is 11.5 Å². The van der Waals surface area contributed by atoms with Crippen LogP contribution in [0.4, 0.5) is 0 Å². The zero-order chi connectivity index (χ0) is 22.1. The summed E-state index contributed by atoms with van der Waals surface area (Å²) < 4.78 is 11.0. The fourth-order valence-electron chi connectivity index (χ4n) is 4.31. The Morgan fingerprint density at radius 1 is 0.875 bits per heavy atom. The number of rotatable bonds is 7. The van der Waals surface area contributed by atoms with Gasteiger partial charge in [-0.3, -0.25) is 0 Å². The Morgan fingerprint density at radius 3 is 2.03 bits per heavy atom. The number of H-pyrrole nitrogens is 2. The lowest BCUT2D eigenvalue weighted by molar-refractivity contribution is -0.139. The van der Waals surface area contributed by atoms with Gasteiger partial charge in [0.1, 0.15) is 0 Å². The Labute approximate surface area is 184 Å². The molecule has 5 aromatic rings. The molecule has 3 aromatic carbocycles. The van der Waals surface area contributed by atoms with Gasteiger partial charge in [-0.15, -0.1) is 0 Å². The number of aliphatic carboxylic acids is 1. The largest absolute Gasteiger partial charge is 0.493 e. The molecule has 0 radical (unpaired) electrons. The van der Waals surface area contributed by atoms with Gasteiger partial charge in [0.05, 0.1) is 7.11 Å². The van der Waals surface area contributed by atoms with Crippen molar-refractivity contribution in [3.63, 3.8) is 0 Å². The first kappa shape index (κ1) is 19.8. The summed E-state index contributed by atoms with van der Waals surface area (Å²) in [5.41, 5.74) is 5.44. The number of aromatic amines is 2. The Hall–Kier alpha value is -4.19. The van der Waals surface area contributed by atoms with Gasteiger partial charge in [0.25, 0.3) is 0 Å². The summed E-state index contributed by atoms with van der Waals surface area (Å²) in [6.45, 7) is -0.427. The van der Waals surface area contributed by atoms with Gasteiger partial charge >= 0.3 is 5.97 Å². The average molecular weight is 426 g/mol. The van der Waals surface area contributed by atoms with Crippen LogP contribution in [0.15, 0.2) is 79.1 Å². The molecular formula is C26H22N2O4. The van der Waals surface area contributed by atoms with Crippen LogP contribution in [0.1, 0.15) is 22.6 Å². The van der Waals surface area contributed by atoms with E-state index in [0.717, 1.165) is 38.5 Å². The summed E-state index contributed by atoms with van der Waals surface area (Å²) in [6, 6.07) is 22.1. The van der Waals surface area contributed by atoms with Crippen molar-refractivity contribution < 1.29 is 19.4 Å². The molecule has 0 aliphatic rings. The highest BCUT2D eigenvalue weighted by molar-refractivity contribution is 5.89. The van der Waals surface area contributed by atoms with Crippen LogP contribution in [0.25, 0.3) is 21.8 Å². The minimum Gasteiger partial charge on any atom is -0.493 e. The first-order valence-corrected chi connectivity index (χ1v) is 10.3. The number of carbonyl (C=O) groups is 1. The van der Waals surface area contributed by atoms with E-state index in [1.165, 1.54) is 0 Å². The highest BCUT2D eigenvalue weighted by Gasteiger charge is 2.24. The molecule has 2 heterocycles. The molecule has 0 aliphatic heterocycles. The van der Waals surface area contributed by atoms with Crippen molar-refractivity contribution in [1.29, 1.82) is 0 Å². The summed E-state index contributed by atoms with van der Waals surface area (Å²) in [4.78, 5) is 17.7. The van der Waals surface area contributed by atoms with Crippen molar-refractivity contribution >= 4 is 27.8 Å². The predicted molar refractivity (Wildman–Crippen MR) is 124 cm³/mol. The fourth-order valence-corrected chi connectivity index (χ4v) is 4.31. The van der Waals surface area contributed by atoms with E-state index in [-0.39, 0.29) is 5.92 Å². The lowest BCUT2D eigenvalue weighted by Crippen LogP contribution is -2.10. The SMILES string of the molecule is COc1cc(C(c2c[nH]c3ccccc23)c2c[nH]c3ccccc23)ccc1OCC(=O)O. The first-order valence-electron chi connectivity index (χ1n) is 10.3. The number of hydrogen-bond donors (Lipinski definition) is 3. The van der Waals surface area contributed by atoms with E-state index in [2.05, 4.69) is 46.6 Å². The second kappa shape index (κ2) is 8.15. The molecular weight excluding hydrogens is 404 g/mol. The molecule has 0 unspecified atom stereocenters. The molecule has 3 N–H and O–H groups in total. The molecule has 0 fully saturated rings. The molecule has 6 nitrogen and oxygen atoms in total. The molecule has 0 aliphatic carbocycles. The minimum atomic E-state index is -1.04. The maximum Gasteiger partial charge on any atom is 0.341 e. The molecule has 0 atom stereocenters. The van der Waals surface area contributed by atoms with Gasteiger partial charge < -0.3 is 24.5 Å². The maximum atomic E-state index is 10.9. The molecule has 5 rings (SSSR count). The summed E-state index contributed by atoms with van der Waals surface area (Å²) in [6.07, 6.45) is 4.11. The third-order valence-electron chi connectivity index (χ3n) is 5.74. The Bertz CT molecular complexity index is 1340. The zero-order valence-electron chi connectivity index (χ0n) is 17.5. The number of para-hydroxylation sites is 2. The van der Waals surface area contributed by atoms with Gasteiger partial charge in [-0.25, -0.2) is 4.79 Å². The molecule has 0 bridgehead atoms. The van der Waals surface area contributed by atoms with Crippen LogP contribution in [0.5, 0.6) is 11.5 Å². The van der Waals surface area contributed by atoms with E-state index < -0.39 is 12.6 Å². The van der Waals surface area contributed by atoms with E-state index in [4.69, 9.17) is 14.6 Å². The maximum absolute atomic E-state index is 10.9. The molecule has 0 saturated carbocycles. The zero-order valence-corrected chi connectivity index (χ0v) is 17.5. The van der Waals surface area contributed by atoms with Crippen molar-refractivity contribution in [3.05, 3.63) is 95.8 Å². The van der Waals surface area contributed by atoms with E-state index in [1.807, 2.05) is 36.4 Å². The number of aromatic nitrogens is 2. The van der Waals surface area contributed by atoms with Gasteiger partial charge in [0.2, 0.25) is 0 Å². The van der Waals surface area contributed by atoms with Crippen LogP contribution in [0.2, 0.25) is 0 Å². The second-order valence-electron chi connectivity index (χ2n) is 7.60. The summed E-state index contributed by atoms with van der Waals surface area (Å²) in [5.74, 6) is -0.222. The number of hydrogen-bond acceptors (Lipinski definition) is 3. The van der Waals surface area contributed by atoms with E-state index in [1.54, 1.807) is 13.2 Å². The van der Waals surface area contributed by atoms with Crippen molar-refractivity contribution in [2.24, 2.45) is 0 Å². The molecule has 6 heteroatoms. The highest BCUT2D eigenvalue weighted by Crippen LogP contribution is 2.41. The second-order valence-corrected chi connectivity index (χ2v) is 7.60. The lowest BCUT2D eigenvalue weighted by Gasteiger charge is -2.19. The summed E-state index contributed by atoms with van der Waals surface area (Å²) >= 11 is 0. The summed E-state index contributed by atoms with van der Waals surface area (Å²) in [5, 5.41) is 11.3. The minimum absolute atomic E-state index is 0.0790. The van der Waals surface area contributed by atoms with Crippen LogP contribution in [-0.4, -0.2) is 34.8 Å². The third-order valence-corrected chi connectivity index (χ3v) is 5.74. The number of benzene rings is 3. The molecule has 0 amide bonds. The number of fused-ring (bicyclic) bond motifs is 2. The van der Waals surface area contributed by atoms with Crippen LogP contribution in [0.3, 0.4) is 0 Å². The topological polar surface area (TPSA) is 87.3 Å². The lowest BCUT2D eigenvalue weighted by atomic mass is 9.84. The Balaban J connectivity index is 1.69. The van der Waals surface area contributed by atoms with E-state index in [0.29, 0.717) is 11.5 Å². The number of carboxylic acids is 1. The molecule has 2 aromatic heterocycles. The normalized spacial score (nSPS) is 11.3. The van der Waals surface area contributed by atoms with Crippen molar-refractivity contribution in [2.45, 2.75) is 5.92 Å². The van der Waals surface area contributed by atoms with Crippen LogP contribution < -0.4 is 9.47 Å². The number of carboxylic acid groups (broad SMARTS) is 1. The molecule has 32 heavy (non-hydrogen) atoms. The first-order chi connectivity index (χ1) is 15.7. The van der Waals surface area contributed by atoms with Gasteiger partial charge in [0, 0.05) is 40.1 Å². The van der Waals surface area contributed by atoms with Crippen LogP contribution in [-0.2, 0) is 4.79 Å². The standard InChI is InChI=1S/C26H22N2O4/c1-31-24-12-16(10-11-23(24)32-15-25(29)30)26(19-13-27-21-8-4-2-6-17(19)21)20-14-28-22-9-5-3-7-18(20)22/h2-14,26-28H,15H2,1H3,(H,29,30). The van der Waals surface area contributed by atoms with Crippen molar-refractivity contribution in [2.75, 3.05) is 13.7 Å². The predicted octanol–water partition coefficient (Wildman–Crippen LogP) is 5.30. The van der Waals surface area contributed by atoms with Gasteiger partial charge in [-0.1, -0.05) is 42.5 Å². The van der Waals surface area contributed by atoms with Crippen molar-refractivity contribution in [1.82, 2.24) is 9.97 Å². The van der Waals surface area contributed by atoms with Gasteiger partial charge in [-0.2, -0.15) is 0 Å². The number of methoxy groups -OCH3 is 1. The van der Waals surface area contributed by atoms with E-state index in [9.17, 15) is 4.79 Å².